The van der Waals surface area contributed by atoms with Gasteiger partial charge in [0.2, 0.25) is 5.91 Å². The van der Waals surface area contributed by atoms with Gasteiger partial charge in [0.1, 0.15) is 0 Å². The fraction of sp³-hybridized carbons (Fsp3) is 0.467. The second-order valence-electron chi connectivity index (χ2n) is 4.54. The Labute approximate surface area is 120 Å². The summed E-state index contributed by atoms with van der Waals surface area (Å²) in [4.78, 5) is 23.1. The molecule has 0 heterocycles. The number of hydrogen-bond acceptors (Lipinski definition) is 3. The zero-order valence-electron chi connectivity index (χ0n) is 12.2. The quantitative estimate of drug-likeness (QED) is 0.678. The lowest BCUT2D eigenvalue weighted by atomic mass is 10.2. The molecule has 0 aliphatic rings. The molecule has 0 aromatic heterocycles. The van der Waals surface area contributed by atoms with Crippen LogP contribution in [0, 0.1) is 0 Å². The highest BCUT2D eigenvalue weighted by molar-refractivity contribution is 5.94. The number of nitrogens with one attached hydrogen (secondary N) is 3. The van der Waals surface area contributed by atoms with Crippen molar-refractivity contribution in [1.29, 1.82) is 0 Å². The van der Waals surface area contributed by atoms with E-state index in [2.05, 4.69) is 16.0 Å². The Bertz CT molecular complexity index is 429. The van der Waals surface area contributed by atoms with E-state index in [0.29, 0.717) is 18.7 Å². The van der Waals surface area contributed by atoms with Crippen molar-refractivity contribution in [1.82, 2.24) is 10.6 Å². The zero-order chi connectivity index (χ0) is 14.8. The molecule has 0 saturated carbocycles. The van der Waals surface area contributed by atoms with Crippen LogP contribution in [0.5, 0.6) is 0 Å². The Balaban J connectivity index is 2.42. The number of benzene rings is 1. The normalized spacial score (nSPS) is 9.90. The second kappa shape index (κ2) is 8.96. The molecule has 1 aromatic rings. The topological polar surface area (TPSA) is 70.2 Å². The van der Waals surface area contributed by atoms with E-state index in [0.717, 1.165) is 18.5 Å². The van der Waals surface area contributed by atoms with Gasteiger partial charge >= 0.3 is 0 Å². The maximum Gasteiger partial charge on any atom is 0.251 e. The smallest absolute Gasteiger partial charge is 0.251 e. The molecule has 5 heteroatoms. The van der Waals surface area contributed by atoms with E-state index in [1.165, 1.54) is 0 Å². The Morgan fingerprint density at radius 1 is 0.950 bits per heavy atom. The van der Waals surface area contributed by atoms with E-state index < -0.39 is 0 Å². The van der Waals surface area contributed by atoms with Gasteiger partial charge in [-0.25, -0.2) is 0 Å². The van der Waals surface area contributed by atoms with E-state index in [4.69, 9.17) is 0 Å². The number of anilines is 1. The zero-order valence-corrected chi connectivity index (χ0v) is 12.2. The summed E-state index contributed by atoms with van der Waals surface area (Å²) < 4.78 is 0. The molecular weight excluding hydrogens is 254 g/mol. The molecule has 0 aliphatic heterocycles. The van der Waals surface area contributed by atoms with Crippen molar-refractivity contribution in [2.45, 2.75) is 26.7 Å². The van der Waals surface area contributed by atoms with Gasteiger partial charge in [0, 0.05) is 24.3 Å². The second-order valence-corrected chi connectivity index (χ2v) is 4.54. The molecule has 0 spiro atoms. The van der Waals surface area contributed by atoms with Crippen molar-refractivity contribution in [2.75, 3.05) is 25.0 Å². The maximum absolute atomic E-state index is 11.7. The molecule has 110 valence electrons. The van der Waals surface area contributed by atoms with Crippen LogP contribution < -0.4 is 16.0 Å². The molecule has 0 aliphatic carbocycles. The van der Waals surface area contributed by atoms with E-state index in [1.807, 2.05) is 13.8 Å². The van der Waals surface area contributed by atoms with E-state index in [9.17, 15) is 9.59 Å². The monoisotopic (exact) mass is 277 g/mol. The van der Waals surface area contributed by atoms with Crippen LogP contribution >= 0.6 is 0 Å². The molecule has 0 atom stereocenters. The van der Waals surface area contributed by atoms with Crippen LogP contribution in [-0.2, 0) is 4.79 Å². The van der Waals surface area contributed by atoms with Gasteiger partial charge in [-0.15, -0.1) is 0 Å². The van der Waals surface area contributed by atoms with Gasteiger partial charge in [0.25, 0.3) is 5.91 Å². The van der Waals surface area contributed by atoms with Crippen molar-refractivity contribution in [3.05, 3.63) is 29.8 Å². The van der Waals surface area contributed by atoms with Crippen LogP contribution in [-0.4, -0.2) is 31.4 Å². The fourth-order valence-electron chi connectivity index (χ4n) is 1.59. The van der Waals surface area contributed by atoms with Crippen molar-refractivity contribution in [3.63, 3.8) is 0 Å². The van der Waals surface area contributed by atoms with Crippen molar-refractivity contribution < 1.29 is 9.59 Å². The lowest BCUT2D eigenvalue weighted by Gasteiger charge is -2.08. The summed E-state index contributed by atoms with van der Waals surface area (Å²) in [5, 5.41) is 8.63. The first-order chi connectivity index (χ1) is 9.67. The van der Waals surface area contributed by atoms with Crippen LogP contribution in [0.2, 0.25) is 0 Å². The molecule has 3 N–H and O–H groups in total. The Hall–Kier alpha value is -2.04. The minimum atomic E-state index is -0.0703. The van der Waals surface area contributed by atoms with Crippen molar-refractivity contribution in [3.8, 4) is 0 Å². The summed E-state index contributed by atoms with van der Waals surface area (Å²) in [5.41, 5.74) is 1.45. The molecule has 0 bridgehead atoms. The Morgan fingerprint density at radius 3 is 2.15 bits per heavy atom. The summed E-state index contributed by atoms with van der Waals surface area (Å²) in [7, 11) is 0. The van der Waals surface area contributed by atoms with Gasteiger partial charge in [0.15, 0.2) is 0 Å². The molecule has 1 aromatic carbocycles. The molecule has 0 fully saturated rings. The first-order valence-electron chi connectivity index (χ1n) is 7.06. The van der Waals surface area contributed by atoms with Crippen molar-refractivity contribution >= 4 is 17.5 Å². The molecule has 2 amide bonds. The van der Waals surface area contributed by atoms with Gasteiger partial charge < -0.3 is 16.0 Å². The van der Waals surface area contributed by atoms with Gasteiger partial charge in [-0.1, -0.05) is 13.8 Å². The summed E-state index contributed by atoms with van der Waals surface area (Å²) in [5.74, 6) is -0.101. The van der Waals surface area contributed by atoms with Crippen molar-refractivity contribution in [2.24, 2.45) is 0 Å². The predicted octanol–water partition coefficient (Wildman–Crippen LogP) is 1.76. The van der Waals surface area contributed by atoms with E-state index in [-0.39, 0.29) is 18.4 Å². The Morgan fingerprint density at radius 2 is 1.55 bits per heavy atom. The summed E-state index contributed by atoms with van der Waals surface area (Å²) >= 11 is 0. The molecule has 20 heavy (non-hydrogen) atoms. The van der Waals surface area contributed by atoms with Gasteiger partial charge in [-0.3, -0.25) is 9.59 Å². The van der Waals surface area contributed by atoms with Crippen LogP contribution in [0.1, 0.15) is 37.0 Å². The van der Waals surface area contributed by atoms with Gasteiger partial charge in [-0.05, 0) is 37.1 Å². The number of amides is 2. The minimum absolute atomic E-state index is 0.0309. The highest BCUT2D eigenvalue weighted by Gasteiger charge is 2.04. The van der Waals surface area contributed by atoms with Crippen LogP contribution in [0.3, 0.4) is 0 Å². The van der Waals surface area contributed by atoms with Crippen LogP contribution in [0.25, 0.3) is 0 Å². The Kier molecular flexibility index (Phi) is 7.17. The predicted molar refractivity (Wildman–Crippen MR) is 80.9 cm³/mol. The highest BCUT2D eigenvalue weighted by atomic mass is 16.2. The third-order valence-corrected chi connectivity index (χ3v) is 2.71. The number of rotatable bonds is 8. The summed E-state index contributed by atoms with van der Waals surface area (Å²) in [6.07, 6.45) is 1.84. The van der Waals surface area contributed by atoms with E-state index in [1.54, 1.807) is 24.3 Å². The summed E-state index contributed by atoms with van der Waals surface area (Å²) in [6.45, 7) is 5.63. The molecule has 0 saturated heterocycles. The average Bonchev–Trinajstić information content (AvgIpc) is 2.49. The number of carbonyl (C=O) groups excluding carboxylic acids is 2. The van der Waals surface area contributed by atoms with Gasteiger partial charge in [-0.2, -0.15) is 0 Å². The SMILES string of the molecule is CCCNC(=O)CNc1ccc(C(=O)NCCC)cc1. The number of carbonyl (C=O) groups is 2. The molecular formula is C15H23N3O2. The van der Waals surface area contributed by atoms with Crippen LogP contribution in [0.15, 0.2) is 24.3 Å². The third-order valence-electron chi connectivity index (χ3n) is 2.71. The molecule has 5 nitrogen and oxygen atoms in total. The first-order valence-corrected chi connectivity index (χ1v) is 7.06. The molecule has 1 rings (SSSR count). The standard InChI is InChI=1S/C15H23N3O2/c1-3-9-16-14(19)11-18-13-7-5-12(6-8-13)15(20)17-10-4-2/h5-8,18H,3-4,9-11H2,1-2H3,(H,16,19)(H,17,20). The maximum atomic E-state index is 11.7. The fourth-order valence-corrected chi connectivity index (χ4v) is 1.59. The van der Waals surface area contributed by atoms with E-state index >= 15 is 0 Å². The first kappa shape index (κ1) is 16.0. The lowest BCUT2D eigenvalue weighted by molar-refractivity contribution is -0.119. The third kappa shape index (κ3) is 5.73. The summed E-state index contributed by atoms with van der Waals surface area (Å²) in [6, 6.07) is 7.09. The number of hydrogen-bond donors (Lipinski definition) is 3. The minimum Gasteiger partial charge on any atom is -0.376 e. The van der Waals surface area contributed by atoms with Gasteiger partial charge in [0.05, 0.1) is 6.54 Å². The lowest BCUT2D eigenvalue weighted by Crippen LogP contribution is -2.30. The molecule has 0 radical (unpaired) electrons. The average molecular weight is 277 g/mol. The van der Waals surface area contributed by atoms with Crippen LogP contribution in [0.4, 0.5) is 5.69 Å². The largest absolute Gasteiger partial charge is 0.376 e. The molecule has 0 unspecified atom stereocenters. The highest BCUT2D eigenvalue weighted by Crippen LogP contribution is 2.09.